The molecule has 3 aromatic rings. The van der Waals surface area contributed by atoms with Crippen molar-refractivity contribution in [2.75, 3.05) is 23.3 Å². The molecule has 4 rings (SSSR count). The lowest BCUT2D eigenvalue weighted by Crippen LogP contribution is -2.18. The van der Waals surface area contributed by atoms with Crippen molar-refractivity contribution >= 4 is 27.3 Å². The number of hydrogen-bond donors (Lipinski definition) is 2. The normalized spacial score (nSPS) is 13.2. The number of carbonyl (C=O) groups excluding carboxylic acids is 1. The van der Waals surface area contributed by atoms with Gasteiger partial charge in [0.2, 0.25) is 0 Å². The number of fused-ring (bicyclic) bond motifs is 1. The average Bonchev–Trinajstić information content (AvgIpc) is 3.00. The minimum atomic E-state index is -3.96. The van der Waals surface area contributed by atoms with E-state index in [-0.39, 0.29) is 16.1 Å². The van der Waals surface area contributed by atoms with E-state index >= 15 is 0 Å². The van der Waals surface area contributed by atoms with Crippen molar-refractivity contribution < 1.29 is 22.7 Å². The summed E-state index contributed by atoms with van der Waals surface area (Å²) in [5.74, 6) is 0.473. The molecule has 1 amide bonds. The highest BCUT2D eigenvalue weighted by Crippen LogP contribution is 2.32. The Morgan fingerprint density at radius 1 is 0.903 bits per heavy atom. The second kappa shape index (κ2) is 8.69. The van der Waals surface area contributed by atoms with Crippen molar-refractivity contribution in [1.29, 1.82) is 0 Å². The number of carbonyl (C=O) groups is 1. The van der Waals surface area contributed by atoms with E-state index < -0.39 is 15.9 Å². The van der Waals surface area contributed by atoms with Crippen molar-refractivity contribution in [2.45, 2.75) is 18.2 Å². The largest absolute Gasteiger partial charge is 0.490 e. The van der Waals surface area contributed by atoms with Crippen LogP contribution in [0.1, 0.15) is 22.3 Å². The van der Waals surface area contributed by atoms with Crippen LogP contribution in [0, 0.1) is 6.92 Å². The van der Waals surface area contributed by atoms with Crippen molar-refractivity contribution in [1.82, 2.24) is 0 Å². The van der Waals surface area contributed by atoms with Gasteiger partial charge in [-0.25, -0.2) is 8.42 Å². The summed E-state index contributed by atoms with van der Waals surface area (Å²) in [6, 6.07) is 18.2. The number of sulfonamides is 1. The third-order valence-electron chi connectivity index (χ3n) is 4.75. The van der Waals surface area contributed by atoms with Crippen LogP contribution in [-0.2, 0) is 10.0 Å². The summed E-state index contributed by atoms with van der Waals surface area (Å²) in [4.78, 5) is 12.8. The molecule has 0 aliphatic carbocycles. The third-order valence-corrected chi connectivity index (χ3v) is 6.12. The molecule has 1 heterocycles. The van der Waals surface area contributed by atoms with Crippen molar-refractivity contribution in [3.63, 3.8) is 0 Å². The molecule has 0 atom stereocenters. The molecular formula is C23H22N2O5S. The number of rotatable bonds is 5. The number of nitrogens with one attached hydrogen (secondary N) is 2. The molecule has 3 aromatic carbocycles. The Morgan fingerprint density at radius 3 is 2.39 bits per heavy atom. The SMILES string of the molecule is Cc1ccc(NC(=O)c2ccccc2NS(=O)(=O)c2ccc3c(c2)OCCCO3)cc1. The van der Waals surface area contributed by atoms with E-state index in [4.69, 9.17) is 9.47 Å². The molecule has 0 radical (unpaired) electrons. The zero-order valence-electron chi connectivity index (χ0n) is 16.9. The van der Waals surface area contributed by atoms with Crippen LogP contribution in [0.15, 0.2) is 71.6 Å². The van der Waals surface area contributed by atoms with Gasteiger partial charge < -0.3 is 14.8 Å². The van der Waals surface area contributed by atoms with E-state index in [9.17, 15) is 13.2 Å². The first-order chi connectivity index (χ1) is 14.9. The van der Waals surface area contributed by atoms with E-state index in [2.05, 4.69) is 10.0 Å². The summed E-state index contributed by atoms with van der Waals surface area (Å²) in [7, 11) is -3.96. The number of para-hydroxylation sites is 1. The molecule has 31 heavy (non-hydrogen) atoms. The number of anilines is 2. The summed E-state index contributed by atoms with van der Waals surface area (Å²) in [6.45, 7) is 2.92. The molecule has 7 nitrogen and oxygen atoms in total. The van der Waals surface area contributed by atoms with Crippen LogP contribution in [0.2, 0.25) is 0 Å². The Balaban J connectivity index is 1.58. The first-order valence-electron chi connectivity index (χ1n) is 9.82. The lowest BCUT2D eigenvalue weighted by molar-refractivity contribution is 0.102. The van der Waals surface area contributed by atoms with Crippen LogP contribution in [-0.4, -0.2) is 27.5 Å². The van der Waals surface area contributed by atoms with Crippen molar-refractivity contribution in [3.05, 3.63) is 77.9 Å². The van der Waals surface area contributed by atoms with Gasteiger partial charge in [0.05, 0.1) is 29.4 Å². The van der Waals surface area contributed by atoms with Gasteiger partial charge in [-0.3, -0.25) is 9.52 Å². The van der Waals surface area contributed by atoms with Gasteiger partial charge in [-0.2, -0.15) is 0 Å². The number of amides is 1. The van der Waals surface area contributed by atoms with E-state index in [0.29, 0.717) is 30.4 Å². The second-order valence-corrected chi connectivity index (χ2v) is 8.81. The molecule has 0 unspecified atom stereocenters. The van der Waals surface area contributed by atoms with Crippen LogP contribution >= 0.6 is 0 Å². The molecule has 1 aliphatic heterocycles. The molecule has 0 spiro atoms. The van der Waals surface area contributed by atoms with Gasteiger partial charge in [-0.05, 0) is 43.3 Å². The Morgan fingerprint density at radius 2 is 1.61 bits per heavy atom. The molecular weight excluding hydrogens is 416 g/mol. The lowest BCUT2D eigenvalue weighted by atomic mass is 10.1. The second-order valence-electron chi connectivity index (χ2n) is 7.13. The molecule has 8 heteroatoms. The van der Waals surface area contributed by atoms with Crippen molar-refractivity contribution in [3.8, 4) is 11.5 Å². The highest BCUT2D eigenvalue weighted by atomic mass is 32.2. The number of aryl methyl sites for hydroxylation is 1. The molecule has 0 bridgehead atoms. The fraction of sp³-hybridized carbons (Fsp3) is 0.174. The standard InChI is InChI=1S/C23H22N2O5S/c1-16-7-9-17(10-8-16)24-23(26)19-5-2-3-6-20(19)25-31(27,28)18-11-12-21-22(15-18)30-14-4-13-29-21/h2-3,5-12,15,25H,4,13-14H2,1H3,(H,24,26). The number of ether oxygens (including phenoxy) is 2. The highest BCUT2D eigenvalue weighted by Gasteiger charge is 2.21. The monoisotopic (exact) mass is 438 g/mol. The van der Waals surface area contributed by atoms with Crippen LogP contribution in [0.5, 0.6) is 11.5 Å². The molecule has 160 valence electrons. The summed E-state index contributed by atoms with van der Waals surface area (Å²) in [6.07, 6.45) is 0.721. The zero-order chi connectivity index (χ0) is 21.8. The minimum Gasteiger partial charge on any atom is -0.490 e. The Labute approximate surface area is 181 Å². The average molecular weight is 439 g/mol. The molecule has 0 aromatic heterocycles. The summed E-state index contributed by atoms with van der Waals surface area (Å²) in [5, 5.41) is 2.79. The van der Waals surface area contributed by atoms with Gasteiger partial charge in [0.25, 0.3) is 15.9 Å². The van der Waals surface area contributed by atoms with E-state index in [1.165, 1.54) is 12.1 Å². The smallest absolute Gasteiger partial charge is 0.262 e. The Bertz CT molecular complexity index is 1210. The summed E-state index contributed by atoms with van der Waals surface area (Å²) in [5.41, 5.74) is 2.08. The Hall–Kier alpha value is -3.52. The fourth-order valence-electron chi connectivity index (χ4n) is 3.12. The highest BCUT2D eigenvalue weighted by molar-refractivity contribution is 7.92. The first kappa shape index (κ1) is 20.7. The van der Waals surface area contributed by atoms with E-state index in [1.54, 1.807) is 42.5 Å². The lowest BCUT2D eigenvalue weighted by Gasteiger charge is -2.14. The maximum absolute atomic E-state index is 13.0. The van der Waals surface area contributed by atoms with E-state index in [0.717, 1.165) is 12.0 Å². The zero-order valence-corrected chi connectivity index (χ0v) is 17.7. The minimum absolute atomic E-state index is 0.0190. The van der Waals surface area contributed by atoms with Crippen LogP contribution < -0.4 is 19.5 Å². The Kier molecular flexibility index (Phi) is 5.81. The van der Waals surface area contributed by atoms with E-state index in [1.807, 2.05) is 19.1 Å². The van der Waals surface area contributed by atoms with Gasteiger partial charge in [0.15, 0.2) is 11.5 Å². The molecule has 0 saturated heterocycles. The quantitative estimate of drug-likeness (QED) is 0.622. The molecule has 0 fully saturated rings. The maximum atomic E-state index is 13.0. The maximum Gasteiger partial charge on any atom is 0.262 e. The van der Waals surface area contributed by atoms with Crippen LogP contribution in [0.25, 0.3) is 0 Å². The fourth-order valence-corrected chi connectivity index (χ4v) is 4.21. The van der Waals surface area contributed by atoms with Gasteiger partial charge in [0.1, 0.15) is 0 Å². The summed E-state index contributed by atoms with van der Waals surface area (Å²) < 4.78 is 39.7. The molecule has 2 N–H and O–H groups in total. The summed E-state index contributed by atoms with van der Waals surface area (Å²) >= 11 is 0. The first-order valence-corrected chi connectivity index (χ1v) is 11.3. The van der Waals surface area contributed by atoms with Crippen LogP contribution in [0.3, 0.4) is 0 Å². The molecule has 0 saturated carbocycles. The van der Waals surface area contributed by atoms with Gasteiger partial charge in [0, 0.05) is 18.2 Å². The molecule has 1 aliphatic rings. The van der Waals surface area contributed by atoms with Gasteiger partial charge >= 0.3 is 0 Å². The van der Waals surface area contributed by atoms with Crippen molar-refractivity contribution in [2.24, 2.45) is 0 Å². The predicted octanol–water partition coefficient (Wildman–Crippen LogP) is 4.21. The van der Waals surface area contributed by atoms with Gasteiger partial charge in [-0.15, -0.1) is 0 Å². The third kappa shape index (κ3) is 4.80. The van der Waals surface area contributed by atoms with Gasteiger partial charge in [-0.1, -0.05) is 29.8 Å². The number of hydrogen-bond acceptors (Lipinski definition) is 5. The predicted molar refractivity (Wildman–Crippen MR) is 118 cm³/mol. The topological polar surface area (TPSA) is 93.7 Å². The van der Waals surface area contributed by atoms with Crippen LogP contribution in [0.4, 0.5) is 11.4 Å². The number of benzene rings is 3.